The van der Waals surface area contributed by atoms with E-state index in [9.17, 15) is 4.79 Å². The number of amides is 1. The number of thioether (sulfide) groups is 1. The zero-order valence-corrected chi connectivity index (χ0v) is 13.9. The average Bonchev–Trinajstić information content (AvgIpc) is 3.04. The van der Waals surface area contributed by atoms with Crippen LogP contribution in [0.5, 0.6) is 0 Å². The van der Waals surface area contributed by atoms with Crippen molar-refractivity contribution < 1.29 is 9.32 Å². The second-order valence-electron chi connectivity index (χ2n) is 5.69. The van der Waals surface area contributed by atoms with Gasteiger partial charge in [0.2, 0.25) is 17.6 Å². The average molecular weight is 332 g/mol. The van der Waals surface area contributed by atoms with Gasteiger partial charge < -0.3 is 10.3 Å². The van der Waals surface area contributed by atoms with Gasteiger partial charge in [0.25, 0.3) is 0 Å². The zero-order chi connectivity index (χ0) is 16.2. The lowest BCUT2D eigenvalue weighted by atomic mass is 9.96. The third-order valence-corrected chi connectivity index (χ3v) is 4.91. The molecular formula is C16H20N4O2S. The third kappa shape index (κ3) is 3.92. The maximum atomic E-state index is 11.2. The van der Waals surface area contributed by atoms with Crippen molar-refractivity contribution >= 4 is 17.7 Å². The van der Waals surface area contributed by atoms with Crippen molar-refractivity contribution in [1.82, 2.24) is 15.0 Å². The van der Waals surface area contributed by atoms with Crippen molar-refractivity contribution in [3.05, 3.63) is 30.2 Å². The predicted molar refractivity (Wildman–Crippen MR) is 88.7 cm³/mol. The molecule has 3 rings (SSSR count). The Morgan fingerprint density at radius 2 is 2.04 bits per heavy atom. The molecule has 0 spiro atoms. The van der Waals surface area contributed by atoms with E-state index in [1.54, 1.807) is 11.8 Å². The number of rotatable bonds is 5. The molecule has 1 aromatic carbocycles. The van der Waals surface area contributed by atoms with Crippen molar-refractivity contribution in [3.8, 4) is 11.4 Å². The van der Waals surface area contributed by atoms with Gasteiger partial charge in [0, 0.05) is 16.4 Å². The summed E-state index contributed by atoms with van der Waals surface area (Å²) in [4.78, 5) is 19.1. The molecule has 0 aliphatic carbocycles. The van der Waals surface area contributed by atoms with E-state index in [2.05, 4.69) is 15.0 Å². The summed E-state index contributed by atoms with van der Waals surface area (Å²) in [6, 6.07) is 8.09. The molecule has 23 heavy (non-hydrogen) atoms. The van der Waals surface area contributed by atoms with Gasteiger partial charge in [-0.05, 0) is 56.5 Å². The highest BCUT2D eigenvalue weighted by Gasteiger charge is 2.24. The van der Waals surface area contributed by atoms with Crippen LogP contribution in [0.4, 0.5) is 0 Å². The Hall–Kier alpha value is -1.86. The monoisotopic (exact) mass is 332 g/mol. The Balaban J connectivity index is 1.60. The Kier molecular flexibility index (Phi) is 4.97. The van der Waals surface area contributed by atoms with E-state index in [4.69, 9.17) is 10.3 Å². The van der Waals surface area contributed by atoms with Crippen LogP contribution < -0.4 is 5.73 Å². The van der Waals surface area contributed by atoms with E-state index in [-0.39, 0.29) is 11.8 Å². The summed E-state index contributed by atoms with van der Waals surface area (Å²) in [6.45, 7) is 2.27. The van der Waals surface area contributed by atoms with Crippen molar-refractivity contribution in [2.24, 2.45) is 11.7 Å². The number of aromatic nitrogens is 2. The normalized spacial score (nSPS) is 16.6. The number of likely N-dealkylation sites (tertiary alicyclic amines) is 1. The molecule has 1 fully saturated rings. The molecular weight excluding hydrogens is 312 g/mol. The van der Waals surface area contributed by atoms with Crippen molar-refractivity contribution in [2.45, 2.75) is 24.3 Å². The summed E-state index contributed by atoms with van der Waals surface area (Å²) in [5.41, 5.74) is 6.30. The van der Waals surface area contributed by atoms with Gasteiger partial charge in [-0.15, -0.1) is 11.8 Å². The number of hydrogen-bond donors (Lipinski definition) is 1. The minimum atomic E-state index is -0.196. The number of hydrogen-bond acceptors (Lipinski definition) is 6. The second kappa shape index (κ2) is 7.14. The summed E-state index contributed by atoms with van der Waals surface area (Å²) >= 11 is 1.70. The fourth-order valence-corrected chi connectivity index (χ4v) is 3.15. The van der Waals surface area contributed by atoms with Crippen molar-refractivity contribution in [2.75, 3.05) is 19.3 Å². The molecule has 1 aliphatic heterocycles. The number of primary amides is 1. The summed E-state index contributed by atoms with van der Waals surface area (Å²) < 4.78 is 5.35. The fraction of sp³-hybridized carbons (Fsp3) is 0.438. The summed E-state index contributed by atoms with van der Waals surface area (Å²) in [7, 11) is 0. The highest BCUT2D eigenvalue weighted by Crippen LogP contribution is 2.22. The van der Waals surface area contributed by atoms with E-state index in [0.717, 1.165) is 31.5 Å². The van der Waals surface area contributed by atoms with Gasteiger partial charge in [-0.2, -0.15) is 4.98 Å². The molecule has 0 atom stereocenters. The van der Waals surface area contributed by atoms with Gasteiger partial charge in [-0.25, -0.2) is 0 Å². The Morgan fingerprint density at radius 3 is 2.65 bits per heavy atom. The molecule has 1 amide bonds. The van der Waals surface area contributed by atoms with Gasteiger partial charge in [-0.3, -0.25) is 9.69 Å². The molecule has 122 valence electrons. The van der Waals surface area contributed by atoms with E-state index >= 15 is 0 Å². The minimum absolute atomic E-state index is 0.000513. The number of nitrogens with zero attached hydrogens (tertiary/aromatic N) is 3. The van der Waals surface area contributed by atoms with Crippen LogP contribution >= 0.6 is 11.8 Å². The van der Waals surface area contributed by atoms with Gasteiger partial charge >= 0.3 is 0 Å². The van der Waals surface area contributed by atoms with E-state index in [0.29, 0.717) is 18.3 Å². The van der Waals surface area contributed by atoms with Crippen LogP contribution in [0, 0.1) is 5.92 Å². The Labute approximate surface area is 139 Å². The molecule has 0 saturated carbocycles. The third-order valence-electron chi connectivity index (χ3n) is 4.17. The molecule has 2 heterocycles. The van der Waals surface area contributed by atoms with Gasteiger partial charge in [0.15, 0.2) is 0 Å². The second-order valence-corrected chi connectivity index (χ2v) is 6.57. The maximum absolute atomic E-state index is 11.2. The summed E-state index contributed by atoms with van der Waals surface area (Å²) in [5, 5.41) is 4.06. The first-order valence-corrected chi connectivity index (χ1v) is 8.87. The quantitative estimate of drug-likeness (QED) is 0.845. The maximum Gasteiger partial charge on any atom is 0.241 e. The smallest absolute Gasteiger partial charge is 0.241 e. The van der Waals surface area contributed by atoms with Gasteiger partial charge in [-0.1, -0.05) is 5.16 Å². The summed E-state index contributed by atoms with van der Waals surface area (Å²) in [6.07, 6.45) is 3.64. The number of carbonyl (C=O) groups excluding carboxylic acids is 1. The SMILES string of the molecule is CSc1ccc(-c2noc(CN3CCC(C(N)=O)CC3)n2)cc1. The number of benzene rings is 1. The van der Waals surface area contributed by atoms with E-state index < -0.39 is 0 Å². The van der Waals surface area contributed by atoms with Crippen LogP contribution in [-0.2, 0) is 11.3 Å². The summed E-state index contributed by atoms with van der Waals surface area (Å²) in [5.74, 6) is 1.02. The number of nitrogens with two attached hydrogens (primary N) is 1. The minimum Gasteiger partial charge on any atom is -0.369 e. The highest BCUT2D eigenvalue weighted by molar-refractivity contribution is 7.98. The highest BCUT2D eigenvalue weighted by atomic mass is 32.2. The van der Waals surface area contributed by atoms with E-state index in [1.807, 2.05) is 30.5 Å². The first kappa shape index (κ1) is 16.0. The molecule has 1 saturated heterocycles. The van der Waals surface area contributed by atoms with Crippen LogP contribution in [0.1, 0.15) is 18.7 Å². The molecule has 1 aromatic heterocycles. The molecule has 7 heteroatoms. The zero-order valence-electron chi connectivity index (χ0n) is 13.1. The van der Waals surface area contributed by atoms with Crippen LogP contribution in [0.25, 0.3) is 11.4 Å². The van der Waals surface area contributed by atoms with Crippen LogP contribution in [0.15, 0.2) is 33.7 Å². The Morgan fingerprint density at radius 1 is 1.35 bits per heavy atom. The number of piperidine rings is 1. The van der Waals surface area contributed by atoms with Crippen LogP contribution in [0.3, 0.4) is 0 Å². The van der Waals surface area contributed by atoms with Crippen LogP contribution in [-0.4, -0.2) is 40.3 Å². The first-order chi connectivity index (χ1) is 11.2. The Bertz CT molecular complexity index is 663. The standard InChI is InChI=1S/C16H20N4O2S/c1-23-13-4-2-12(3-5-13)16-18-14(22-19-16)10-20-8-6-11(7-9-20)15(17)21/h2-5,11H,6-10H2,1H3,(H2,17,21). The molecule has 6 nitrogen and oxygen atoms in total. The number of carbonyl (C=O) groups is 1. The lowest BCUT2D eigenvalue weighted by Gasteiger charge is -2.29. The van der Waals surface area contributed by atoms with E-state index in [1.165, 1.54) is 4.90 Å². The van der Waals surface area contributed by atoms with Crippen molar-refractivity contribution in [3.63, 3.8) is 0 Å². The molecule has 2 aromatic rings. The lowest BCUT2D eigenvalue weighted by molar-refractivity contribution is -0.123. The van der Waals surface area contributed by atoms with Crippen molar-refractivity contribution in [1.29, 1.82) is 0 Å². The molecule has 1 aliphatic rings. The van der Waals surface area contributed by atoms with Gasteiger partial charge in [0.1, 0.15) is 0 Å². The largest absolute Gasteiger partial charge is 0.369 e. The molecule has 0 radical (unpaired) electrons. The van der Waals surface area contributed by atoms with Crippen LogP contribution in [0.2, 0.25) is 0 Å². The molecule has 0 bridgehead atoms. The first-order valence-electron chi connectivity index (χ1n) is 7.64. The fourth-order valence-electron chi connectivity index (χ4n) is 2.74. The lowest BCUT2D eigenvalue weighted by Crippen LogP contribution is -2.38. The van der Waals surface area contributed by atoms with Gasteiger partial charge in [0.05, 0.1) is 6.54 Å². The molecule has 2 N–H and O–H groups in total. The molecule has 0 unspecified atom stereocenters. The topological polar surface area (TPSA) is 85.3 Å². The predicted octanol–water partition coefficient (Wildman–Crippen LogP) is 2.16.